The third-order valence-corrected chi connectivity index (χ3v) is 4.96. The average molecular weight is 336 g/mol. The summed E-state index contributed by atoms with van der Waals surface area (Å²) in [7, 11) is 0. The average Bonchev–Trinajstić information content (AvgIpc) is 3.22. The first-order valence-corrected chi connectivity index (χ1v) is 8.65. The fourth-order valence-corrected chi connectivity index (χ4v) is 3.70. The molecule has 0 aromatic heterocycles. The maximum Gasteiger partial charge on any atom is 0.325 e. The zero-order valence-corrected chi connectivity index (χ0v) is 13.8. The Kier molecular flexibility index (Phi) is 4.24. The van der Waals surface area contributed by atoms with Gasteiger partial charge < -0.3 is 4.74 Å². The van der Waals surface area contributed by atoms with Crippen LogP contribution < -0.4 is 10.4 Å². The van der Waals surface area contributed by atoms with E-state index in [1.807, 2.05) is 48.5 Å². The number of amides is 1. The summed E-state index contributed by atoms with van der Waals surface area (Å²) in [5.74, 6) is -0.333. The molecule has 25 heavy (non-hydrogen) atoms. The molecule has 1 aliphatic carbocycles. The summed E-state index contributed by atoms with van der Waals surface area (Å²) in [6.07, 6.45) is 2.89. The molecule has 0 bridgehead atoms. The van der Waals surface area contributed by atoms with Gasteiger partial charge in [-0.15, -0.1) is 0 Å². The predicted octanol–water partition coefficient (Wildman–Crippen LogP) is 2.93. The van der Waals surface area contributed by atoms with E-state index in [1.54, 1.807) is 12.1 Å². The van der Waals surface area contributed by atoms with Crippen molar-refractivity contribution in [3.63, 3.8) is 0 Å². The normalized spacial score (nSPS) is 24.6. The molecular formula is C20H20N2O3. The van der Waals surface area contributed by atoms with E-state index in [0.29, 0.717) is 11.3 Å². The van der Waals surface area contributed by atoms with Crippen LogP contribution in [0.15, 0.2) is 60.7 Å². The quantitative estimate of drug-likeness (QED) is 0.689. The lowest BCUT2D eigenvalue weighted by Gasteiger charge is -2.27. The second kappa shape index (κ2) is 6.69. The van der Waals surface area contributed by atoms with Crippen LogP contribution in [-0.4, -0.2) is 24.0 Å². The number of ether oxygens (including phenoxy) is 1. The first-order chi connectivity index (χ1) is 12.2. The van der Waals surface area contributed by atoms with Crippen LogP contribution in [0, 0.1) is 5.92 Å². The summed E-state index contributed by atoms with van der Waals surface area (Å²) >= 11 is 0. The Balaban J connectivity index is 1.64. The topological polar surface area (TPSA) is 58.6 Å². The SMILES string of the molecule is O=C1O[C@H]2CCC[C@H]2C1NN(C(=O)c1ccccc1)c1ccccc1. The number of nitrogens with zero attached hydrogens (tertiary/aromatic N) is 1. The Morgan fingerprint density at radius 2 is 1.68 bits per heavy atom. The van der Waals surface area contributed by atoms with Crippen molar-refractivity contribution in [3.8, 4) is 0 Å². The number of para-hydroxylation sites is 1. The van der Waals surface area contributed by atoms with Crippen molar-refractivity contribution in [2.45, 2.75) is 31.4 Å². The monoisotopic (exact) mass is 336 g/mol. The highest BCUT2D eigenvalue weighted by molar-refractivity contribution is 6.05. The molecule has 5 nitrogen and oxygen atoms in total. The number of carbonyl (C=O) groups excluding carboxylic acids is 2. The molecular weight excluding hydrogens is 316 g/mol. The second-order valence-corrected chi connectivity index (χ2v) is 6.52. The maximum atomic E-state index is 13.0. The molecule has 1 saturated heterocycles. The third-order valence-electron chi connectivity index (χ3n) is 4.96. The number of carbonyl (C=O) groups is 2. The molecule has 1 N–H and O–H groups in total. The van der Waals surface area contributed by atoms with Gasteiger partial charge in [-0.05, 0) is 43.5 Å². The molecule has 2 aromatic carbocycles. The molecule has 1 amide bonds. The Morgan fingerprint density at radius 3 is 2.40 bits per heavy atom. The molecule has 1 saturated carbocycles. The fourth-order valence-electron chi connectivity index (χ4n) is 3.70. The minimum absolute atomic E-state index is 0.0190. The van der Waals surface area contributed by atoms with Gasteiger partial charge in [0.2, 0.25) is 0 Å². The molecule has 1 heterocycles. The van der Waals surface area contributed by atoms with Gasteiger partial charge in [-0.3, -0.25) is 9.59 Å². The molecule has 4 rings (SSSR count). The van der Waals surface area contributed by atoms with E-state index in [2.05, 4.69) is 5.43 Å². The Bertz CT molecular complexity index is 763. The van der Waals surface area contributed by atoms with Gasteiger partial charge in [0, 0.05) is 11.5 Å². The Morgan fingerprint density at radius 1 is 1.00 bits per heavy atom. The largest absolute Gasteiger partial charge is 0.461 e. The molecule has 2 fully saturated rings. The summed E-state index contributed by atoms with van der Waals surface area (Å²) < 4.78 is 5.48. The lowest BCUT2D eigenvalue weighted by Crippen LogP contribution is -2.52. The van der Waals surface area contributed by atoms with Crippen molar-refractivity contribution < 1.29 is 14.3 Å². The second-order valence-electron chi connectivity index (χ2n) is 6.52. The highest BCUT2D eigenvalue weighted by Gasteiger charge is 2.48. The van der Waals surface area contributed by atoms with Crippen LogP contribution in [0.1, 0.15) is 29.6 Å². The van der Waals surface area contributed by atoms with Crippen LogP contribution in [0.25, 0.3) is 0 Å². The molecule has 2 aromatic rings. The number of esters is 1. The summed E-state index contributed by atoms with van der Waals surface area (Å²) in [4.78, 5) is 25.3. The number of nitrogens with one attached hydrogen (secondary N) is 1. The third kappa shape index (κ3) is 3.03. The van der Waals surface area contributed by atoms with Gasteiger partial charge in [0.25, 0.3) is 5.91 Å². The van der Waals surface area contributed by atoms with Gasteiger partial charge in [0.1, 0.15) is 12.1 Å². The van der Waals surface area contributed by atoms with Crippen LogP contribution in [0.5, 0.6) is 0 Å². The fraction of sp³-hybridized carbons (Fsp3) is 0.300. The molecule has 0 spiro atoms. The van der Waals surface area contributed by atoms with E-state index in [0.717, 1.165) is 19.3 Å². The number of hydrogen-bond acceptors (Lipinski definition) is 4. The van der Waals surface area contributed by atoms with E-state index in [-0.39, 0.29) is 23.9 Å². The van der Waals surface area contributed by atoms with Gasteiger partial charge in [-0.2, -0.15) is 0 Å². The smallest absolute Gasteiger partial charge is 0.325 e. The molecule has 128 valence electrons. The van der Waals surface area contributed by atoms with Gasteiger partial charge >= 0.3 is 5.97 Å². The van der Waals surface area contributed by atoms with Crippen LogP contribution >= 0.6 is 0 Å². The number of fused-ring (bicyclic) bond motifs is 1. The van der Waals surface area contributed by atoms with Crippen LogP contribution in [0.2, 0.25) is 0 Å². The van der Waals surface area contributed by atoms with E-state index >= 15 is 0 Å². The zero-order chi connectivity index (χ0) is 17.2. The minimum atomic E-state index is -0.486. The number of hydrogen-bond donors (Lipinski definition) is 1. The number of rotatable bonds is 4. The van der Waals surface area contributed by atoms with Crippen molar-refractivity contribution in [3.05, 3.63) is 66.2 Å². The number of hydrazine groups is 1. The van der Waals surface area contributed by atoms with Gasteiger partial charge in [-0.25, -0.2) is 10.4 Å². The Hall–Kier alpha value is -2.66. The standard InChI is InChI=1S/C20H20N2O3/c23-19(14-8-3-1-4-9-14)22(15-10-5-2-6-11-15)21-18-16-12-7-13-17(16)25-20(18)24/h1-6,8-11,16-18,21H,7,12-13H2/t16-,17+,18?/m1/s1. The van der Waals surface area contributed by atoms with E-state index < -0.39 is 6.04 Å². The molecule has 1 unspecified atom stereocenters. The first kappa shape index (κ1) is 15.8. The maximum absolute atomic E-state index is 13.0. The van der Waals surface area contributed by atoms with E-state index in [9.17, 15) is 9.59 Å². The van der Waals surface area contributed by atoms with Crippen molar-refractivity contribution in [1.82, 2.24) is 5.43 Å². The zero-order valence-electron chi connectivity index (χ0n) is 13.8. The molecule has 5 heteroatoms. The lowest BCUT2D eigenvalue weighted by atomic mass is 10.00. The minimum Gasteiger partial charge on any atom is -0.461 e. The number of anilines is 1. The van der Waals surface area contributed by atoms with Gasteiger partial charge in [0.05, 0.1) is 5.69 Å². The van der Waals surface area contributed by atoms with Gasteiger partial charge in [0.15, 0.2) is 0 Å². The summed E-state index contributed by atoms with van der Waals surface area (Å²) in [5.41, 5.74) is 4.42. The van der Waals surface area contributed by atoms with Crippen LogP contribution in [0.4, 0.5) is 5.69 Å². The summed E-state index contributed by atoms with van der Waals surface area (Å²) in [6, 6.07) is 17.9. The molecule has 0 radical (unpaired) electrons. The van der Waals surface area contributed by atoms with E-state index in [4.69, 9.17) is 4.74 Å². The predicted molar refractivity (Wildman–Crippen MR) is 93.8 cm³/mol. The van der Waals surface area contributed by atoms with Crippen LogP contribution in [-0.2, 0) is 9.53 Å². The Labute approximate surface area is 146 Å². The van der Waals surface area contributed by atoms with Crippen LogP contribution in [0.3, 0.4) is 0 Å². The molecule has 1 aliphatic heterocycles. The van der Waals surface area contributed by atoms with Crippen molar-refractivity contribution >= 4 is 17.6 Å². The highest BCUT2D eigenvalue weighted by Crippen LogP contribution is 2.37. The summed E-state index contributed by atoms with van der Waals surface area (Å²) in [5, 5.41) is 1.47. The first-order valence-electron chi connectivity index (χ1n) is 8.65. The number of benzene rings is 2. The van der Waals surface area contributed by atoms with Crippen molar-refractivity contribution in [2.75, 3.05) is 5.01 Å². The highest BCUT2D eigenvalue weighted by atomic mass is 16.6. The summed E-state index contributed by atoms with van der Waals surface area (Å²) in [6.45, 7) is 0. The van der Waals surface area contributed by atoms with Gasteiger partial charge in [-0.1, -0.05) is 36.4 Å². The van der Waals surface area contributed by atoms with Crippen molar-refractivity contribution in [1.29, 1.82) is 0 Å². The molecule has 3 atom stereocenters. The lowest BCUT2D eigenvalue weighted by molar-refractivity contribution is -0.143. The molecule has 2 aliphatic rings. The van der Waals surface area contributed by atoms with E-state index in [1.165, 1.54) is 5.01 Å². The van der Waals surface area contributed by atoms with Crippen molar-refractivity contribution in [2.24, 2.45) is 5.92 Å².